The van der Waals surface area contributed by atoms with E-state index >= 15 is 0 Å². The van der Waals surface area contributed by atoms with Crippen LogP contribution in [0.5, 0.6) is 0 Å². The molecule has 3 N–H and O–H groups in total. The average molecular weight is 238 g/mol. The maximum absolute atomic E-state index is 11.9. The number of nitrogen functional groups attached to an aromatic ring is 1. The summed E-state index contributed by atoms with van der Waals surface area (Å²) in [4.78, 5) is 37.8. The summed E-state index contributed by atoms with van der Waals surface area (Å²) in [7, 11) is 2.79. The summed E-state index contributed by atoms with van der Waals surface area (Å²) in [5.74, 6) is -0.0783. The van der Waals surface area contributed by atoms with Gasteiger partial charge in [0.15, 0.2) is 11.2 Å². The van der Waals surface area contributed by atoms with E-state index in [-0.39, 0.29) is 17.1 Å². The Kier molecular flexibility index (Phi) is 2.23. The first-order valence-electron chi connectivity index (χ1n) is 4.63. The van der Waals surface area contributed by atoms with Crippen LogP contribution in [0.3, 0.4) is 0 Å². The Morgan fingerprint density at radius 2 is 1.94 bits per heavy atom. The second-order valence-electron chi connectivity index (χ2n) is 3.43. The number of aryl methyl sites for hydroxylation is 1. The van der Waals surface area contributed by atoms with Crippen molar-refractivity contribution in [2.24, 2.45) is 14.1 Å². The van der Waals surface area contributed by atoms with Crippen molar-refractivity contribution in [1.29, 1.82) is 0 Å². The Bertz CT molecular complexity index is 721. The predicted octanol–water partition coefficient (Wildman–Crippen LogP) is -2.28. The van der Waals surface area contributed by atoms with E-state index in [2.05, 4.69) is 10.4 Å². The molecule has 2 aromatic rings. The molecule has 0 aliphatic heterocycles. The third kappa shape index (κ3) is 1.32. The van der Waals surface area contributed by atoms with Crippen molar-refractivity contribution >= 4 is 23.5 Å². The fraction of sp³-hybridized carbons (Fsp3) is 0.250. The lowest BCUT2D eigenvalue weighted by atomic mass is 10.5. The third-order valence-electron chi connectivity index (χ3n) is 2.47. The maximum atomic E-state index is 11.9. The number of hydrogen-bond donors (Lipinski definition) is 2. The van der Waals surface area contributed by atoms with E-state index in [0.29, 0.717) is 6.41 Å². The first-order chi connectivity index (χ1) is 7.99. The monoisotopic (exact) mass is 238 g/mol. The zero-order valence-electron chi connectivity index (χ0n) is 9.17. The molecule has 17 heavy (non-hydrogen) atoms. The van der Waals surface area contributed by atoms with Crippen molar-refractivity contribution in [3.63, 3.8) is 0 Å². The molecule has 0 radical (unpaired) electrons. The van der Waals surface area contributed by atoms with Gasteiger partial charge in [-0.2, -0.15) is 4.98 Å². The van der Waals surface area contributed by atoms with Gasteiger partial charge in [-0.25, -0.2) is 9.47 Å². The van der Waals surface area contributed by atoms with Crippen LogP contribution in [0.25, 0.3) is 11.2 Å². The lowest BCUT2D eigenvalue weighted by Crippen LogP contribution is -2.38. The number of fused-ring (bicyclic) bond motifs is 1. The van der Waals surface area contributed by atoms with Gasteiger partial charge in [0.2, 0.25) is 12.4 Å². The largest absolute Gasteiger partial charge is 0.368 e. The summed E-state index contributed by atoms with van der Waals surface area (Å²) in [5.41, 5.74) is 6.84. The highest BCUT2D eigenvalue weighted by atomic mass is 16.2. The highest BCUT2D eigenvalue weighted by molar-refractivity contribution is 5.76. The Hall–Kier alpha value is -2.58. The van der Waals surface area contributed by atoms with E-state index in [1.165, 1.54) is 18.7 Å². The molecule has 0 aliphatic carbocycles. The van der Waals surface area contributed by atoms with Gasteiger partial charge >= 0.3 is 5.69 Å². The molecule has 0 aromatic carbocycles. The first kappa shape index (κ1) is 10.9. The highest BCUT2D eigenvalue weighted by Crippen LogP contribution is 2.09. The second-order valence-corrected chi connectivity index (χ2v) is 3.43. The van der Waals surface area contributed by atoms with Crippen LogP contribution in [-0.2, 0) is 18.9 Å². The van der Waals surface area contributed by atoms with Gasteiger partial charge in [0.05, 0.1) is 0 Å². The molecule has 0 saturated carbocycles. The summed E-state index contributed by atoms with van der Waals surface area (Å²) in [6.07, 6.45) is 0.363. The van der Waals surface area contributed by atoms with Gasteiger partial charge in [-0.1, -0.05) is 0 Å². The molecule has 90 valence electrons. The van der Waals surface area contributed by atoms with Gasteiger partial charge in [-0.3, -0.25) is 24.1 Å². The Labute approximate surface area is 94.1 Å². The lowest BCUT2D eigenvalue weighted by Gasteiger charge is -2.04. The molecule has 0 aliphatic rings. The van der Waals surface area contributed by atoms with Crippen LogP contribution in [0.4, 0.5) is 5.95 Å². The smallest absolute Gasteiger partial charge is 0.332 e. The lowest BCUT2D eigenvalue weighted by molar-refractivity contribution is -0.106. The predicted molar refractivity (Wildman–Crippen MR) is 60.1 cm³/mol. The molecular weight excluding hydrogens is 228 g/mol. The van der Waals surface area contributed by atoms with E-state index in [4.69, 9.17) is 5.73 Å². The molecule has 0 bridgehead atoms. The zero-order chi connectivity index (χ0) is 12.7. The first-order valence-corrected chi connectivity index (χ1v) is 4.63. The molecule has 2 heterocycles. The van der Waals surface area contributed by atoms with Crippen LogP contribution >= 0.6 is 0 Å². The highest BCUT2D eigenvalue weighted by Gasteiger charge is 2.17. The van der Waals surface area contributed by atoms with Crippen LogP contribution in [0.2, 0.25) is 0 Å². The van der Waals surface area contributed by atoms with Crippen molar-refractivity contribution in [1.82, 2.24) is 18.8 Å². The number of nitrogens with two attached hydrogens (primary N) is 1. The average Bonchev–Trinajstić information content (AvgIpc) is 2.62. The van der Waals surface area contributed by atoms with Crippen molar-refractivity contribution < 1.29 is 4.79 Å². The quantitative estimate of drug-likeness (QED) is 0.571. The number of hydrogen-bond acceptors (Lipinski definition) is 5. The van der Waals surface area contributed by atoms with Crippen LogP contribution in [0, 0.1) is 0 Å². The Balaban J connectivity index is 3.07. The molecule has 0 atom stereocenters. The SMILES string of the molecule is Cn1c(=O)c2c(nc(N)n2NC=O)n(C)c1=O. The van der Waals surface area contributed by atoms with Crippen molar-refractivity contribution in [2.75, 3.05) is 11.2 Å². The maximum Gasteiger partial charge on any atom is 0.332 e. The van der Waals surface area contributed by atoms with Crippen LogP contribution in [0.15, 0.2) is 9.59 Å². The van der Waals surface area contributed by atoms with E-state index < -0.39 is 11.2 Å². The summed E-state index contributed by atoms with van der Waals surface area (Å²) < 4.78 is 3.12. The number of carbonyl (C=O) groups is 1. The number of rotatable bonds is 2. The normalized spacial score (nSPS) is 10.7. The molecule has 2 aromatic heterocycles. The molecule has 0 saturated heterocycles. The number of aromatic nitrogens is 4. The van der Waals surface area contributed by atoms with Crippen molar-refractivity contribution in [3.8, 4) is 0 Å². The molecule has 0 unspecified atom stereocenters. The van der Waals surface area contributed by atoms with Crippen LogP contribution < -0.4 is 22.4 Å². The molecular formula is C8H10N6O3. The van der Waals surface area contributed by atoms with Crippen molar-refractivity contribution in [3.05, 3.63) is 20.8 Å². The number of amides is 1. The molecule has 0 spiro atoms. The molecule has 2 rings (SSSR count). The topological polar surface area (TPSA) is 117 Å². The summed E-state index contributed by atoms with van der Waals surface area (Å²) in [6.45, 7) is 0. The summed E-state index contributed by atoms with van der Waals surface area (Å²) in [6, 6.07) is 0. The van der Waals surface area contributed by atoms with Gasteiger partial charge in [0.1, 0.15) is 0 Å². The van der Waals surface area contributed by atoms with Gasteiger partial charge in [0, 0.05) is 14.1 Å². The van der Waals surface area contributed by atoms with Gasteiger partial charge in [0.25, 0.3) is 5.56 Å². The number of nitrogens with zero attached hydrogens (tertiary/aromatic N) is 4. The number of carbonyl (C=O) groups excluding carboxylic acids is 1. The fourth-order valence-corrected chi connectivity index (χ4v) is 1.60. The Morgan fingerprint density at radius 1 is 1.29 bits per heavy atom. The molecule has 9 nitrogen and oxygen atoms in total. The van der Waals surface area contributed by atoms with E-state index in [1.807, 2.05) is 0 Å². The fourth-order valence-electron chi connectivity index (χ4n) is 1.60. The van der Waals surface area contributed by atoms with Crippen molar-refractivity contribution in [2.45, 2.75) is 0 Å². The number of anilines is 1. The van der Waals surface area contributed by atoms with Crippen LogP contribution in [0.1, 0.15) is 0 Å². The molecule has 0 fully saturated rings. The zero-order valence-corrected chi connectivity index (χ0v) is 9.17. The number of nitrogens with one attached hydrogen (secondary N) is 1. The summed E-state index contributed by atoms with van der Waals surface area (Å²) in [5, 5.41) is 0. The van der Waals surface area contributed by atoms with Gasteiger partial charge in [-0.15, -0.1) is 0 Å². The standard InChI is InChI=1S/C8H10N6O3/c1-12-5-4(6(16)13(2)8(12)17)14(10-3-15)7(9)11-5/h3H,1-2H3,(H2,9,11)(H,10,15). The third-order valence-corrected chi connectivity index (χ3v) is 2.47. The second kappa shape index (κ2) is 3.47. The van der Waals surface area contributed by atoms with E-state index in [1.54, 1.807) is 0 Å². The molecule has 9 heteroatoms. The number of imidazole rings is 1. The van der Waals surface area contributed by atoms with E-state index in [9.17, 15) is 14.4 Å². The minimum Gasteiger partial charge on any atom is -0.368 e. The van der Waals surface area contributed by atoms with Gasteiger partial charge < -0.3 is 5.73 Å². The minimum absolute atomic E-state index is 0.0409. The van der Waals surface area contributed by atoms with Crippen LogP contribution in [-0.4, -0.2) is 25.2 Å². The minimum atomic E-state index is -0.582. The summed E-state index contributed by atoms with van der Waals surface area (Å²) >= 11 is 0. The Morgan fingerprint density at radius 3 is 2.53 bits per heavy atom. The van der Waals surface area contributed by atoms with Gasteiger partial charge in [-0.05, 0) is 0 Å². The van der Waals surface area contributed by atoms with E-state index in [0.717, 1.165) is 9.24 Å². The molecule has 1 amide bonds.